The zero-order chi connectivity index (χ0) is 10.6. The summed E-state index contributed by atoms with van der Waals surface area (Å²) in [6.07, 6.45) is 1.99. The molecule has 0 aliphatic rings. The second-order valence-corrected chi connectivity index (χ2v) is 5.54. The quantitative estimate of drug-likeness (QED) is 0.853. The number of hydrogen-bond acceptors (Lipinski definition) is 3. The van der Waals surface area contributed by atoms with Gasteiger partial charge in [-0.3, -0.25) is 0 Å². The third-order valence-electron chi connectivity index (χ3n) is 1.79. The second-order valence-electron chi connectivity index (χ2n) is 2.79. The lowest BCUT2D eigenvalue weighted by Crippen LogP contribution is -2.18. The minimum atomic E-state index is -3.30. The zero-order valence-electron chi connectivity index (χ0n) is 8.15. The van der Waals surface area contributed by atoms with Gasteiger partial charge >= 0.3 is 0 Å². The Hall–Kier alpha value is -0.520. The van der Waals surface area contributed by atoms with Crippen LogP contribution in [-0.4, -0.2) is 21.7 Å². The highest BCUT2D eigenvalue weighted by Gasteiger charge is 2.10. The van der Waals surface area contributed by atoms with Crippen LogP contribution in [0.2, 0.25) is 0 Å². The summed E-state index contributed by atoms with van der Waals surface area (Å²) in [5.74, 6) is 0.826. The average molecular weight is 231 g/mol. The van der Waals surface area contributed by atoms with Gasteiger partial charge in [0.15, 0.2) is 0 Å². The van der Waals surface area contributed by atoms with Gasteiger partial charge in [-0.1, -0.05) is 12.1 Å². The van der Waals surface area contributed by atoms with E-state index >= 15 is 0 Å². The van der Waals surface area contributed by atoms with E-state index in [2.05, 4.69) is 4.72 Å². The molecule has 0 atom stereocenters. The van der Waals surface area contributed by atoms with Gasteiger partial charge in [-0.15, -0.1) is 0 Å². The van der Waals surface area contributed by atoms with Crippen molar-refractivity contribution < 1.29 is 8.42 Å². The summed E-state index contributed by atoms with van der Waals surface area (Å²) < 4.78 is 25.2. The van der Waals surface area contributed by atoms with E-state index in [1.165, 1.54) is 7.05 Å². The van der Waals surface area contributed by atoms with Gasteiger partial charge in [0, 0.05) is 5.75 Å². The molecule has 5 heteroatoms. The number of benzene rings is 1. The third-order valence-corrected chi connectivity index (χ3v) is 3.82. The predicted octanol–water partition coefficient (Wildman–Crippen LogP) is 1.46. The van der Waals surface area contributed by atoms with E-state index in [1.54, 1.807) is 30.0 Å². The first-order chi connectivity index (χ1) is 6.60. The average Bonchev–Trinajstić information content (AvgIpc) is 2.19. The Labute approximate surface area is 89.0 Å². The molecule has 0 aromatic heterocycles. The van der Waals surface area contributed by atoms with Crippen molar-refractivity contribution in [1.29, 1.82) is 0 Å². The highest BCUT2D eigenvalue weighted by atomic mass is 32.2. The number of rotatable bonds is 4. The molecule has 1 aromatic rings. The van der Waals surface area contributed by atoms with Crippen LogP contribution in [0.1, 0.15) is 5.56 Å². The van der Waals surface area contributed by atoms with Gasteiger partial charge in [0.25, 0.3) is 0 Å². The number of sulfonamides is 1. The van der Waals surface area contributed by atoms with Crippen LogP contribution in [0.15, 0.2) is 29.2 Å². The van der Waals surface area contributed by atoms with E-state index < -0.39 is 10.0 Å². The molecular formula is C9H13NO2S2. The van der Waals surface area contributed by atoms with Crippen LogP contribution >= 0.6 is 11.8 Å². The van der Waals surface area contributed by atoms with Crippen molar-refractivity contribution in [1.82, 2.24) is 4.72 Å². The smallest absolute Gasteiger partial charge is 0.214 e. The molecule has 0 unspecified atom stereocenters. The van der Waals surface area contributed by atoms with Gasteiger partial charge in [-0.2, -0.15) is 11.8 Å². The van der Waals surface area contributed by atoms with Gasteiger partial charge in [0.1, 0.15) is 0 Å². The number of nitrogens with one attached hydrogen (secondary N) is 1. The molecule has 3 nitrogen and oxygen atoms in total. The lowest BCUT2D eigenvalue weighted by Gasteiger charge is -2.04. The molecule has 0 aliphatic carbocycles. The Morgan fingerprint density at radius 2 is 2.14 bits per heavy atom. The minimum Gasteiger partial charge on any atom is -0.214 e. The summed E-state index contributed by atoms with van der Waals surface area (Å²) in [6, 6.07) is 6.97. The van der Waals surface area contributed by atoms with Crippen molar-refractivity contribution in [2.24, 2.45) is 0 Å². The summed E-state index contributed by atoms with van der Waals surface area (Å²) >= 11 is 1.67. The fraction of sp³-hybridized carbons (Fsp3) is 0.333. The van der Waals surface area contributed by atoms with Crippen LogP contribution in [0.25, 0.3) is 0 Å². The van der Waals surface area contributed by atoms with Gasteiger partial charge in [0.2, 0.25) is 10.0 Å². The van der Waals surface area contributed by atoms with Crippen LogP contribution in [0.3, 0.4) is 0 Å². The monoisotopic (exact) mass is 231 g/mol. The third kappa shape index (κ3) is 2.73. The first-order valence-corrected chi connectivity index (χ1v) is 6.99. The standard InChI is InChI=1S/C9H13NO2S2/c1-10-14(11,12)9-5-3-4-8(6-9)7-13-2/h3-6,10H,7H2,1-2H3. The van der Waals surface area contributed by atoms with Gasteiger partial charge in [-0.25, -0.2) is 13.1 Å². The first-order valence-electron chi connectivity index (χ1n) is 4.11. The normalized spacial score (nSPS) is 11.6. The molecule has 0 saturated carbocycles. The lowest BCUT2D eigenvalue weighted by atomic mass is 10.2. The van der Waals surface area contributed by atoms with Crippen LogP contribution in [-0.2, 0) is 15.8 Å². The van der Waals surface area contributed by atoms with Crippen molar-refractivity contribution in [3.63, 3.8) is 0 Å². The molecule has 0 radical (unpaired) electrons. The number of hydrogen-bond donors (Lipinski definition) is 1. The van der Waals surface area contributed by atoms with Crippen LogP contribution in [0, 0.1) is 0 Å². The van der Waals surface area contributed by atoms with Gasteiger partial charge < -0.3 is 0 Å². The molecule has 0 amide bonds. The molecule has 0 spiro atoms. The topological polar surface area (TPSA) is 46.2 Å². The SMILES string of the molecule is CNS(=O)(=O)c1cccc(CSC)c1. The van der Waals surface area contributed by atoms with Crippen molar-refractivity contribution in [3.05, 3.63) is 29.8 Å². The Bertz CT molecular complexity index is 401. The maximum atomic E-state index is 11.4. The molecule has 1 rings (SSSR count). The van der Waals surface area contributed by atoms with Crippen molar-refractivity contribution in [2.75, 3.05) is 13.3 Å². The fourth-order valence-corrected chi connectivity index (χ4v) is 2.40. The van der Waals surface area contributed by atoms with E-state index in [0.717, 1.165) is 11.3 Å². The Morgan fingerprint density at radius 1 is 1.43 bits per heavy atom. The maximum Gasteiger partial charge on any atom is 0.240 e. The van der Waals surface area contributed by atoms with Crippen LogP contribution in [0.5, 0.6) is 0 Å². The summed E-state index contributed by atoms with van der Waals surface area (Å²) in [6.45, 7) is 0. The van der Waals surface area contributed by atoms with Crippen LogP contribution < -0.4 is 4.72 Å². The Morgan fingerprint density at radius 3 is 2.71 bits per heavy atom. The maximum absolute atomic E-state index is 11.4. The summed E-state index contributed by atoms with van der Waals surface area (Å²) in [5.41, 5.74) is 1.02. The molecule has 0 heterocycles. The summed E-state index contributed by atoms with van der Waals surface area (Å²) in [7, 11) is -1.88. The minimum absolute atomic E-state index is 0.326. The summed E-state index contributed by atoms with van der Waals surface area (Å²) in [5, 5.41) is 0. The second kappa shape index (κ2) is 4.82. The highest BCUT2D eigenvalue weighted by molar-refractivity contribution is 7.97. The van der Waals surface area contributed by atoms with E-state index in [4.69, 9.17) is 0 Å². The van der Waals surface area contributed by atoms with Crippen molar-refractivity contribution >= 4 is 21.8 Å². The first kappa shape index (κ1) is 11.6. The highest BCUT2D eigenvalue weighted by Crippen LogP contribution is 2.14. The fourth-order valence-electron chi connectivity index (χ4n) is 1.09. The zero-order valence-corrected chi connectivity index (χ0v) is 9.78. The van der Waals surface area contributed by atoms with Crippen LogP contribution in [0.4, 0.5) is 0 Å². The van der Waals surface area contributed by atoms with E-state index in [1.807, 2.05) is 12.3 Å². The van der Waals surface area contributed by atoms with E-state index in [9.17, 15) is 8.42 Å². The van der Waals surface area contributed by atoms with E-state index in [-0.39, 0.29) is 0 Å². The van der Waals surface area contributed by atoms with Crippen molar-refractivity contribution in [2.45, 2.75) is 10.6 Å². The molecule has 1 N–H and O–H groups in total. The lowest BCUT2D eigenvalue weighted by molar-refractivity contribution is 0.588. The Balaban J connectivity index is 3.06. The molecule has 78 valence electrons. The van der Waals surface area contributed by atoms with Crippen molar-refractivity contribution in [3.8, 4) is 0 Å². The van der Waals surface area contributed by atoms with Gasteiger partial charge in [-0.05, 0) is 31.0 Å². The molecule has 0 saturated heterocycles. The number of thioether (sulfide) groups is 1. The predicted molar refractivity (Wildman–Crippen MR) is 59.9 cm³/mol. The van der Waals surface area contributed by atoms with E-state index in [0.29, 0.717) is 4.90 Å². The molecule has 0 fully saturated rings. The molecular weight excluding hydrogens is 218 g/mol. The molecule has 0 aliphatic heterocycles. The Kier molecular flexibility index (Phi) is 3.97. The molecule has 1 aromatic carbocycles. The van der Waals surface area contributed by atoms with Gasteiger partial charge in [0.05, 0.1) is 4.90 Å². The molecule has 0 bridgehead atoms. The summed E-state index contributed by atoms with van der Waals surface area (Å²) in [4.78, 5) is 0.326. The largest absolute Gasteiger partial charge is 0.240 e. The molecule has 14 heavy (non-hydrogen) atoms.